The lowest BCUT2D eigenvalue weighted by Crippen LogP contribution is -2.16. The molecule has 1 N–H and O–H groups in total. The maximum atomic E-state index is 13.1. The molecule has 4 rings (SSSR count). The quantitative estimate of drug-likeness (QED) is 0.486. The largest absolute Gasteiger partial charge is 0.497 e. The van der Waals surface area contributed by atoms with Crippen molar-refractivity contribution in [3.63, 3.8) is 0 Å². The van der Waals surface area contributed by atoms with E-state index in [-0.39, 0.29) is 10.3 Å². The van der Waals surface area contributed by atoms with Crippen molar-refractivity contribution >= 4 is 38.5 Å². The van der Waals surface area contributed by atoms with Crippen molar-refractivity contribution < 1.29 is 13.2 Å². The highest BCUT2D eigenvalue weighted by Crippen LogP contribution is 2.29. The lowest BCUT2D eigenvalue weighted by Gasteiger charge is -2.19. The standard InChI is InChI=1S/C25H26ClN3O3S/c1-25(2,3)18-9-11-20(12-10-18)33(30,31)28-24-14-13-21(26)23-16-22(27-29(23)24)17-7-5-6-8-19(15-17)32-4/h6-16,28H,5H2,1-4H3. The van der Waals surface area contributed by atoms with Crippen LogP contribution in [-0.2, 0) is 20.2 Å². The topological polar surface area (TPSA) is 72.7 Å². The van der Waals surface area contributed by atoms with Crippen molar-refractivity contribution in [1.82, 2.24) is 9.61 Å². The summed E-state index contributed by atoms with van der Waals surface area (Å²) in [5.41, 5.74) is 3.12. The molecule has 0 fully saturated rings. The predicted molar refractivity (Wildman–Crippen MR) is 133 cm³/mol. The SMILES string of the molecule is COC1=CC(c2cc3c(Cl)ccc(NS(=O)(=O)c4ccc(C(C)(C)C)cc4)n3n2)=CCC=C1. The van der Waals surface area contributed by atoms with Crippen molar-refractivity contribution in [2.75, 3.05) is 11.8 Å². The number of sulfonamides is 1. The first kappa shape index (κ1) is 23.1. The fourth-order valence-electron chi connectivity index (χ4n) is 3.54. The molecule has 0 aliphatic heterocycles. The van der Waals surface area contributed by atoms with Crippen molar-refractivity contribution in [2.24, 2.45) is 0 Å². The Morgan fingerprint density at radius 3 is 2.52 bits per heavy atom. The Morgan fingerprint density at radius 2 is 1.85 bits per heavy atom. The van der Waals surface area contributed by atoms with Crippen LogP contribution in [-0.4, -0.2) is 25.1 Å². The molecule has 0 radical (unpaired) electrons. The number of anilines is 1. The summed E-state index contributed by atoms with van der Waals surface area (Å²) in [5, 5.41) is 5.11. The average Bonchev–Trinajstić information content (AvgIpc) is 3.09. The van der Waals surface area contributed by atoms with Gasteiger partial charge in [-0.25, -0.2) is 12.9 Å². The summed E-state index contributed by atoms with van der Waals surface area (Å²) in [6, 6.07) is 12.0. The van der Waals surface area contributed by atoms with Gasteiger partial charge >= 0.3 is 0 Å². The van der Waals surface area contributed by atoms with Gasteiger partial charge in [0.05, 0.1) is 28.2 Å². The molecular weight excluding hydrogens is 458 g/mol. The van der Waals surface area contributed by atoms with E-state index in [1.54, 1.807) is 31.4 Å². The van der Waals surface area contributed by atoms with Crippen LogP contribution in [0.15, 0.2) is 77.4 Å². The van der Waals surface area contributed by atoms with Gasteiger partial charge in [-0.2, -0.15) is 5.10 Å². The minimum Gasteiger partial charge on any atom is -0.497 e. The third-order valence-corrected chi connectivity index (χ3v) is 7.11. The third-order valence-electron chi connectivity index (χ3n) is 5.42. The van der Waals surface area contributed by atoms with Crippen LogP contribution < -0.4 is 4.72 Å². The predicted octanol–water partition coefficient (Wildman–Crippen LogP) is 5.96. The van der Waals surface area contributed by atoms with Gasteiger partial charge in [0.2, 0.25) is 0 Å². The number of nitrogens with zero attached hydrogens (tertiary/aromatic N) is 2. The molecule has 1 aromatic carbocycles. The van der Waals surface area contributed by atoms with Gasteiger partial charge in [0, 0.05) is 5.57 Å². The monoisotopic (exact) mass is 483 g/mol. The smallest absolute Gasteiger partial charge is 0.263 e. The Balaban J connectivity index is 1.72. The summed E-state index contributed by atoms with van der Waals surface area (Å²) >= 11 is 6.41. The molecule has 0 unspecified atom stereocenters. The third kappa shape index (κ3) is 4.84. The second kappa shape index (κ2) is 8.72. The molecule has 1 aliphatic rings. The molecule has 1 aliphatic carbocycles. The fraction of sp³-hybridized carbons (Fsp3) is 0.240. The molecular formula is C25H26ClN3O3S. The van der Waals surface area contributed by atoms with Gasteiger partial charge in [-0.15, -0.1) is 0 Å². The number of methoxy groups -OCH3 is 1. The number of hydrogen-bond donors (Lipinski definition) is 1. The average molecular weight is 484 g/mol. The highest BCUT2D eigenvalue weighted by molar-refractivity contribution is 7.92. The van der Waals surface area contributed by atoms with Crippen molar-refractivity contribution in [1.29, 1.82) is 0 Å². The molecule has 0 atom stereocenters. The van der Waals surface area contributed by atoms with Gasteiger partial charge in [0.25, 0.3) is 10.0 Å². The van der Waals surface area contributed by atoms with Crippen LogP contribution in [0.4, 0.5) is 5.82 Å². The summed E-state index contributed by atoms with van der Waals surface area (Å²) in [6.07, 6.45) is 8.54. The number of benzene rings is 1. The van der Waals surface area contributed by atoms with E-state index >= 15 is 0 Å². The van der Waals surface area contributed by atoms with Crippen molar-refractivity contribution in [2.45, 2.75) is 37.5 Å². The Kier molecular flexibility index (Phi) is 6.12. The second-order valence-corrected chi connectivity index (χ2v) is 10.9. The maximum Gasteiger partial charge on any atom is 0.263 e. The second-order valence-electron chi connectivity index (χ2n) is 8.82. The lowest BCUT2D eigenvalue weighted by molar-refractivity contribution is 0.307. The molecule has 0 spiro atoms. The van der Waals surface area contributed by atoms with E-state index in [1.165, 1.54) is 4.52 Å². The molecule has 0 bridgehead atoms. The lowest BCUT2D eigenvalue weighted by atomic mass is 9.87. The van der Waals surface area contributed by atoms with E-state index in [1.807, 2.05) is 42.5 Å². The minimum atomic E-state index is -3.82. The van der Waals surface area contributed by atoms with Gasteiger partial charge in [-0.3, -0.25) is 4.72 Å². The molecule has 6 nitrogen and oxygen atoms in total. The zero-order chi connectivity index (χ0) is 23.8. The number of halogens is 1. The molecule has 0 amide bonds. The zero-order valence-electron chi connectivity index (χ0n) is 19.0. The van der Waals surface area contributed by atoms with Gasteiger partial charge in [0.15, 0.2) is 0 Å². The van der Waals surface area contributed by atoms with Crippen LogP contribution in [0.3, 0.4) is 0 Å². The van der Waals surface area contributed by atoms with Crippen molar-refractivity contribution in [3.05, 3.63) is 88.8 Å². The van der Waals surface area contributed by atoms with E-state index in [9.17, 15) is 8.42 Å². The summed E-state index contributed by atoms with van der Waals surface area (Å²) in [7, 11) is -2.21. The van der Waals surface area contributed by atoms with Crippen LogP contribution in [0.1, 0.15) is 38.4 Å². The highest BCUT2D eigenvalue weighted by Gasteiger charge is 2.20. The summed E-state index contributed by atoms with van der Waals surface area (Å²) in [5.74, 6) is 1.00. The van der Waals surface area contributed by atoms with Crippen LogP contribution in [0, 0.1) is 0 Å². The molecule has 0 saturated carbocycles. The molecule has 0 saturated heterocycles. The fourth-order valence-corrected chi connectivity index (χ4v) is 4.78. The Morgan fingerprint density at radius 1 is 1.12 bits per heavy atom. The van der Waals surface area contributed by atoms with Crippen LogP contribution in [0.2, 0.25) is 5.02 Å². The molecule has 3 aromatic rings. The summed E-state index contributed by atoms with van der Waals surface area (Å²) in [6.45, 7) is 6.25. The van der Waals surface area contributed by atoms with E-state index in [4.69, 9.17) is 16.3 Å². The van der Waals surface area contributed by atoms with E-state index in [2.05, 4.69) is 30.6 Å². The first-order valence-corrected chi connectivity index (χ1v) is 12.4. The van der Waals surface area contributed by atoms with Crippen LogP contribution in [0.25, 0.3) is 11.1 Å². The van der Waals surface area contributed by atoms with E-state index in [0.29, 0.717) is 27.8 Å². The Hall–Kier alpha value is -3.03. The molecule has 8 heteroatoms. The summed E-state index contributed by atoms with van der Waals surface area (Å²) < 4.78 is 35.7. The molecule has 2 aromatic heterocycles. The van der Waals surface area contributed by atoms with Crippen LogP contribution in [0.5, 0.6) is 0 Å². The number of rotatable bonds is 5. The maximum absolute atomic E-state index is 13.1. The van der Waals surface area contributed by atoms with Crippen molar-refractivity contribution in [3.8, 4) is 0 Å². The summed E-state index contributed by atoms with van der Waals surface area (Å²) in [4.78, 5) is 0.177. The van der Waals surface area contributed by atoms with Gasteiger partial charge < -0.3 is 4.74 Å². The van der Waals surface area contributed by atoms with E-state index in [0.717, 1.165) is 17.6 Å². The van der Waals surface area contributed by atoms with Gasteiger partial charge in [-0.05, 0) is 59.9 Å². The molecule has 2 heterocycles. The number of nitrogens with one attached hydrogen (secondary N) is 1. The number of hydrogen-bond acceptors (Lipinski definition) is 4. The minimum absolute atomic E-state index is 0.0666. The first-order chi connectivity index (χ1) is 15.6. The highest BCUT2D eigenvalue weighted by atomic mass is 35.5. The normalized spacial score (nSPS) is 14.6. The number of pyridine rings is 1. The molecule has 33 heavy (non-hydrogen) atoms. The molecule has 172 valence electrons. The van der Waals surface area contributed by atoms with Gasteiger partial charge in [0.1, 0.15) is 11.6 Å². The first-order valence-electron chi connectivity index (χ1n) is 10.5. The van der Waals surface area contributed by atoms with Crippen LogP contribution >= 0.6 is 11.6 Å². The van der Waals surface area contributed by atoms with E-state index < -0.39 is 10.0 Å². The number of ether oxygens (including phenoxy) is 1. The Labute approximate surface area is 199 Å². The number of allylic oxidation sites excluding steroid dienone is 5. The number of aromatic nitrogens is 2. The zero-order valence-corrected chi connectivity index (χ0v) is 20.5. The number of fused-ring (bicyclic) bond motifs is 1. The Bertz CT molecular complexity index is 1390. The van der Waals surface area contributed by atoms with Gasteiger partial charge in [-0.1, -0.05) is 56.7 Å².